The van der Waals surface area contributed by atoms with E-state index in [0.29, 0.717) is 6.42 Å². The van der Waals surface area contributed by atoms with Gasteiger partial charge in [0, 0.05) is 0 Å². The lowest BCUT2D eigenvalue weighted by Crippen LogP contribution is -2.39. The molecule has 3 heteroatoms. The summed E-state index contributed by atoms with van der Waals surface area (Å²) in [6.45, 7) is 5.26. The van der Waals surface area contributed by atoms with Gasteiger partial charge in [-0.25, -0.2) is 4.89 Å². The molecule has 2 unspecified atom stereocenters. The highest BCUT2D eigenvalue weighted by molar-refractivity contribution is 4.78. The van der Waals surface area contributed by atoms with Crippen LogP contribution in [0, 0.1) is 0 Å². The van der Waals surface area contributed by atoms with Crippen molar-refractivity contribution in [3.05, 3.63) is 0 Å². The summed E-state index contributed by atoms with van der Waals surface area (Å²) in [5, 5.41) is 17.5. The van der Waals surface area contributed by atoms with Crippen LogP contribution in [0.5, 0.6) is 0 Å². The molecule has 0 aromatic heterocycles. The molecule has 0 spiro atoms. The molecule has 0 aliphatic heterocycles. The topological polar surface area (TPSA) is 49.7 Å². The number of aliphatic hydroxyl groups is 1. The normalized spacial score (nSPS) is 20.1. The first-order valence-corrected chi connectivity index (χ1v) is 3.57. The summed E-state index contributed by atoms with van der Waals surface area (Å²) in [7, 11) is 0. The Hall–Kier alpha value is -0.120. The zero-order valence-electron chi connectivity index (χ0n) is 6.79. The SMILES string of the molecule is CCCC(C)(OO)C(C)O. The maximum absolute atomic E-state index is 9.12. The summed E-state index contributed by atoms with van der Waals surface area (Å²) in [6, 6.07) is 0. The zero-order chi connectivity index (χ0) is 8.20. The van der Waals surface area contributed by atoms with Gasteiger partial charge in [-0.1, -0.05) is 13.3 Å². The Morgan fingerprint density at radius 3 is 2.20 bits per heavy atom. The summed E-state index contributed by atoms with van der Waals surface area (Å²) >= 11 is 0. The van der Waals surface area contributed by atoms with E-state index in [1.165, 1.54) is 0 Å². The van der Waals surface area contributed by atoms with Crippen LogP contribution in [0.1, 0.15) is 33.6 Å². The lowest BCUT2D eigenvalue weighted by Gasteiger charge is -2.28. The quantitative estimate of drug-likeness (QED) is 0.468. The number of hydrogen-bond acceptors (Lipinski definition) is 3. The summed E-state index contributed by atoms with van der Waals surface area (Å²) < 4.78 is 0. The number of hydrogen-bond donors (Lipinski definition) is 2. The van der Waals surface area contributed by atoms with E-state index in [0.717, 1.165) is 6.42 Å². The molecule has 2 N–H and O–H groups in total. The predicted octanol–water partition coefficient (Wildman–Crippen LogP) is 1.42. The summed E-state index contributed by atoms with van der Waals surface area (Å²) in [5.41, 5.74) is -0.797. The first-order valence-electron chi connectivity index (χ1n) is 3.57. The van der Waals surface area contributed by atoms with Gasteiger partial charge in [-0.2, -0.15) is 0 Å². The van der Waals surface area contributed by atoms with E-state index >= 15 is 0 Å². The molecule has 3 nitrogen and oxygen atoms in total. The molecule has 0 aromatic carbocycles. The fraction of sp³-hybridized carbons (Fsp3) is 1.00. The molecule has 0 aromatic rings. The minimum Gasteiger partial charge on any atom is -0.390 e. The summed E-state index contributed by atoms with van der Waals surface area (Å²) in [6.07, 6.45) is 0.890. The molecule has 10 heavy (non-hydrogen) atoms. The van der Waals surface area contributed by atoms with E-state index < -0.39 is 11.7 Å². The van der Waals surface area contributed by atoms with Crippen molar-refractivity contribution in [2.75, 3.05) is 0 Å². The van der Waals surface area contributed by atoms with Gasteiger partial charge >= 0.3 is 0 Å². The van der Waals surface area contributed by atoms with Crippen LogP contribution in [-0.4, -0.2) is 22.1 Å². The molecule has 0 heterocycles. The van der Waals surface area contributed by atoms with Crippen molar-refractivity contribution in [2.45, 2.75) is 45.3 Å². The second-order valence-corrected chi connectivity index (χ2v) is 2.83. The van der Waals surface area contributed by atoms with Crippen molar-refractivity contribution in [3.63, 3.8) is 0 Å². The van der Waals surface area contributed by atoms with E-state index in [4.69, 9.17) is 10.4 Å². The lowest BCUT2D eigenvalue weighted by molar-refractivity contribution is -0.339. The predicted molar refractivity (Wildman–Crippen MR) is 38.7 cm³/mol. The summed E-state index contributed by atoms with van der Waals surface area (Å²) in [4.78, 5) is 4.19. The van der Waals surface area contributed by atoms with Crippen LogP contribution in [0.2, 0.25) is 0 Å². The fourth-order valence-electron chi connectivity index (χ4n) is 0.827. The fourth-order valence-corrected chi connectivity index (χ4v) is 0.827. The number of rotatable bonds is 4. The van der Waals surface area contributed by atoms with Crippen LogP contribution in [0.15, 0.2) is 0 Å². The highest BCUT2D eigenvalue weighted by atomic mass is 17.1. The monoisotopic (exact) mass is 148 g/mol. The average Bonchev–Trinajstić information content (AvgIpc) is 1.88. The van der Waals surface area contributed by atoms with Gasteiger partial charge in [0.1, 0.15) is 5.60 Å². The Morgan fingerprint density at radius 2 is 2.10 bits per heavy atom. The number of aliphatic hydroxyl groups excluding tert-OH is 1. The minimum atomic E-state index is -0.797. The van der Waals surface area contributed by atoms with Gasteiger partial charge in [-0.05, 0) is 20.3 Å². The Kier molecular flexibility index (Phi) is 3.86. The maximum atomic E-state index is 9.12. The highest BCUT2D eigenvalue weighted by Crippen LogP contribution is 2.20. The molecule has 2 atom stereocenters. The Morgan fingerprint density at radius 1 is 1.60 bits per heavy atom. The van der Waals surface area contributed by atoms with E-state index in [1.807, 2.05) is 6.92 Å². The van der Waals surface area contributed by atoms with Crippen LogP contribution in [0.4, 0.5) is 0 Å². The summed E-state index contributed by atoms with van der Waals surface area (Å²) in [5.74, 6) is 0. The van der Waals surface area contributed by atoms with E-state index in [1.54, 1.807) is 13.8 Å². The van der Waals surface area contributed by atoms with Crippen molar-refractivity contribution < 1.29 is 15.3 Å². The standard InChI is InChI=1S/C7H16O3/c1-4-5-7(3,10-9)6(2)8/h6,8-9H,4-5H2,1-3H3. The van der Waals surface area contributed by atoms with Gasteiger partial charge in [-0.15, -0.1) is 0 Å². The first-order chi connectivity index (χ1) is 4.56. The van der Waals surface area contributed by atoms with Crippen molar-refractivity contribution in [1.82, 2.24) is 0 Å². The van der Waals surface area contributed by atoms with E-state index in [-0.39, 0.29) is 0 Å². The molecule has 0 aliphatic rings. The smallest absolute Gasteiger partial charge is 0.126 e. The van der Waals surface area contributed by atoms with Crippen LogP contribution < -0.4 is 0 Å². The highest BCUT2D eigenvalue weighted by Gasteiger charge is 2.30. The Labute approximate surface area is 61.6 Å². The Balaban J connectivity index is 3.94. The second-order valence-electron chi connectivity index (χ2n) is 2.83. The van der Waals surface area contributed by atoms with Crippen LogP contribution in [0.3, 0.4) is 0 Å². The third-order valence-corrected chi connectivity index (χ3v) is 1.84. The van der Waals surface area contributed by atoms with Crippen molar-refractivity contribution >= 4 is 0 Å². The lowest BCUT2D eigenvalue weighted by atomic mass is 9.95. The largest absolute Gasteiger partial charge is 0.390 e. The average molecular weight is 148 g/mol. The molecule has 0 saturated heterocycles. The van der Waals surface area contributed by atoms with Crippen molar-refractivity contribution in [3.8, 4) is 0 Å². The van der Waals surface area contributed by atoms with Crippen molar-refractivity contribution in [2.24, 2.45) is 0 Å². The van der Waals surface area contributed by atoms with Crippen molar-refractivity contribution in [1.29, 1.82) is 0 Å². The van der Waals surface area contributed by atoms with Gasteiger partial charge in [0.25, 0.3) is 0 Å². The molecule has 0 rings (SSSR count). The van der Waals surface area contributed by atoms with E-state index in [2.05, 4.69) is 4.89 Å². The van der Waals surface area contributed by atoms with Gasteiger partial charge in [0.2, 0.25) is 0 Å². The molecule has 0 fully saturated rings. The molecular formula is C7H16O3. The van der Waals surface area contributed by atoms with Crippen LogP contribution in [0.25, 0.3) is 0 Å². The van der Waals surface area contributed by atoms with Gasteiger partial charge in [0.15, 0.2) is 0 Å². The van der Waals surface area contributed by atoms with Gasteiger partial charge in [0.05, 0.1) is 6.10 Å². The molecule has 0 amide bonds. The zero-order valence-corrected chi connectivity index (χ0v) is 6.79. The van der Waals surface area contributed by atoms with Gasteiger partial charge in [-0.3, -0.25) is 5.26 Å². The Bertz CT molecular complexity index is 92.9. The molecule has 0 aliphatic carbocycles. The molecular weight excluding hydrogens is 132 g/mol. The molecule has 0 radical (unpaired) electrons. The van der Waals surface area contributed by atoms with E-state index in [9.17, 15) is 0 Å². The second kappa shape index (κ2) is 3.91. The first kappa shape index (κ1) is 9.88. The molecule has 0 bridgehead atoms. The maximum Gasteiger partial charge on any atom is 0.126 e. The van der Waals surface area contributed by atoms with Gasteiger partial charge < -0.3 is 5.11 Å². The minimum absolute atomic E-state index is 0.641. The third kappa shape index (κ3) is 2.25. The molecule has 0 saturated carbocycles. The van der Waals surface area contributed by atoms with Crippen LogP contribution >= 0.6 is 0 Å². The molecule has 62 valence electrons. The third-order valence-electron chi connectivity index (χ3n) is 1.84. The van der Waals surface area contributed by atoms with Crippen LogP contribution in [-0.2, 0) is 4.89 Å².